The average molecular weight is 429 g/mol. The monoisotopic (exact) mass is 429 g/mol. The number of nitrogens with one attached hydrogen (secondary N) is 2. The van der Waals surface area contributed by atoms with Gasteiger partial charge in [-0.25, -0.2) is 4.79 Å². The first-order valence-corrected chi connectivity index (χ1v) is 9.41. The van der Waals surface area contributed by atoms with Gasteiger partial charge < -0.3 is 20.3 Å². The average Bonchev–Trinajstić information content (AvgIpc) is 2.79. The van der Waals surface area contributed by atoms with E-state index in [4.69, 9.17) is 15.4 Å². The standard InChI is InChI=1S/C24H19N3O5/c1-13-5-3-4-6-15(13)16-10-18(20(28)11-21(16)32-2)22(26)23(29)27-19-8-7-14(12-25)9-17(19)24(30)31/h3-11,26,28H,1-2H3,(H,27,29)(H,30,31). The van der Waals surface area contributed by atoms with Gasteiger partial charge in [0.1, 0.15) is 17.2 Å². The first-order chi connectivity index (χ1) is 15.3. The first-order valence-electron chi connectivity index (χ1n) is 9.41. The van der Waals surface area contributed by atoms with Crippen LogP contribution in [0.5, 0.6) is 11.5 Å². The quantitative estimate of drug-likeness (QED) is 0.437. The van der Waals surface area contributed by atoms with Crippen LogP contribution < -0.4 is 10.1 Å². The summed E-state index contributed by atoms with van der Waals surface area (Å²) in [5.74, 6) is -2.22. The number of methoxy groups -OCH3 is 1. The molecule has 3 aromatic carbocycles. The summed E-state index contributed by atoms with van der Waals surface area (Å²) in [4.78, 5) is 24.2. The molecule has 8 nitrogen and oxygen atoms in total. The predicted molar refractivity (Wildman–Crippen MR) is 118 cm³/mol. The minimum absolute atomic E-state index is 0.0490. The number of carboxylic acid groups (broad SMARTS) is 1. The molecule has 3 aromatic rings. The van der Waals surface area contributed by atoms with Crippen LogP contribution in [0.2, 0.25) is 0 Å². The van der Waals surface area contributed by atoms with Crippen LogP contribution in [0.3, 0.4) is 0 Å². The van der Waals surface area contributed by atoms with E-state index in [0.717, 1.165) is 17.2 Å². The number of carboxylic acids is 1. The number of phenolic OH excluding ortho intramolecular Hbond substituents is 1. The lowest BCUT2D eigenvalue weighted by Crippen LogP contribution is -2.24. The third-order valence-electron chi connectivity index (χ3n) is 4.88. The summed E-state index contributed by atoms with van der Waals surface area (Å²) < 4.78 is 5.37. The SMILES string of the molecule is COc1cc(O)c(C(=N)C(=O)Nc2ccc(C#N)cc2C(=O)O)cc1-c1ccccc1C. The van der Waals surface area contributed by atoms with Crippen LogP contribution in [0.25, 0.3) is 11.1 Å². The lowest BCUT2D eigenvalue weighted by atomic mass is 9.95. The second-order valence-electron chi connectivity index (χ2n) is 6.89. The van der Waals surface area contributed by atoms with Crippen molar-refractivity contribution in [3.05, 3.63) is 76.9 Å². The molecule has 0 aliphatic heterocycles. The Bertz CT molecular complexity index is 1290. The van der Waals surface area contributed by atoms with Gasteiger partial charge in [-0.05, 0) is 42.3 Å². The van der Waals surface area contributed by atoms with Crippen LogP contribution in [-0.4, -0.2) is 34.9 Å². The van der Waals surface area contributed by atoms with Crippen molar-refractivity contribution in [1.29, 1.82) is 10.7 Å². The molecule has 32 heavy (non-hydrogen) atoms. The Morgan fingerprint density at radius 1 is 1.06 bits per heavy atom. The maximum atomic E-state index is 12.7. The van der Waals surface area contributed by atoms with Gasteiger partial charge in [0.05, 0.1) is 30.0 Å². The minimum Gasteiger partial charge on any atom is -0.507 e. The van der Waals surface area contributed by atoms with E-state index in [0.29, 0.717) is 11.3 Å². The summed E-state index contributed by atoms with van der Waals surface area (Å²) in [6.45, 7) is 1.90. The number of nitriles is 1. The maximum Gasteiger partial charge on any atom is 0.337 e. The van der Waals surface area contributed by atoms with Crippen molar-refractivity contribution in [2.75, 3.05) is 12.4 Å². The highest BCUT2D eigenvalue weighted by molar-refractivity contribution is 6.48. The van der Waals surface area contributed by atoms with Crippen LogP contribution in [-0.2, 0) is 4.79 Å². The summed E-state index contributed by atoms with van der Waals surface area (Å²) in [6, 6.07) is 15.9. The Labute approximate surface area is 183 Å². The van der Waals surface area contributed by atoms with Crippen LogP contribution in [0.4, 0.5) is 5.69 Å². The van der Waals surface area contributed by atoms with Crippen molar-refractivity contribution in [2.45, 2.75) is 6.92 Å². The molecule has 0 aromatic heterocycles. The van der Waals surface area contributed by atoms with Crippen LogP contribution in [0, 0.1) is 23.7 Å². The first kappa shape index (κ1) is 22.1. The molecule has 0 spiro atoms. The van der Waals surface area contributed by atoms with Crippen LogP contribution in [0.15, 0.2) is 54.6 Å². The van der Waals surface area contributed by atoms with E-state index in [2.05, 4.69) is 5.32 Å². The summed E-state index contributed by atoms with van der Waals surface area (Å²) in [5, 5.41) is 39.5. The van der Waals surface area contributed by atoms with Gasteiger partial charge in [0.2, 0.25) is 0 Å². The number of aryl methyl sites for hydroxylation is 1. The number of rotatable bonds is 6. The third-order valence-corrected chi connectivity index (χ3v) is 4.88. The molecular weight excluding hydrogens is 410 g/mol. The zero-order chi connectivity index (χ0) is 23.4. The summed E-state index contributed by atoms with van der Waals surface area (Å²) in [6.07, 6.45) is 0. The smallest absolute Gasteiger partial charge is 0.337 e. The number of carbonyl (C=O) groups is 2. The number of nitrogens with zero attached hydrogens (tertiary/aromatic N) is 1. The second-order valence-corrected chi connectivity index (χ2v) is 6.89. The maximum absolute atomic E-state index is 12.7. The molecule has 0 bridgehead atoms. The highest BCUT2D eigenvalue weighted by Crippen LogP contribution is 2.37. The lowest BCUT2D eigenvalue weighted by molar-refractivity contribution is -0.110. The van der Waals surface area contributed by atoms with E-state index < -0.39 is 17.6 Å². The Balaban J connectivity index is 2.00. The van der Waals surface area contributed by atoms with Crippen molar-refractivity contribution < 1.29 is 24.5 Å². The molecule has 0 atom stereocenters. The number of aromatic hydroxyl groups is 1. The third kappa shape index (κ3) is 4.27. The van der Waals surface area contributed by atoms with Crippen LogP contribution in [0.1, 0.15) is 27.0 Å². The van der Waals surface area contributed by atoms with Crippen molar-refractivity contribution in [3.63, 3.8) is 0 Å². The molecule has 160 valence electrons. The number of phenols is 1. The summed E-state index contributed by atoms with van der Waals surface area (Å²) >= 11 is 0. The molecule has 1 amide bonds. The number of anilines is 1. The lowest BCUT2D eigenvalue weighted by Gasteiger charge is -2.15. The second kappa shape index (κ2) is 9.02. The molecule has 0 heterocycles. The molecule has 0 radical (unpaired) electrons. The molecule has 0 fully saturated rings. The normalized spacial score (nSPS) is 10.2. The summed E-state index contributed by atoms with van der Waals surface area (Å²) in [5.41, 5.74) is 1.46. The number of aromatic carboxylic acids is 1. The number of carbonyl (C=O) groups excluding carboxylic acids is 1. The van der Waals surface area contributed by atoms with Gasteiger partial charge in [-0.3, -0.25) is 10.2 Å². The fourth-order valence-electron chi connectivity index (χ4n) is 3.23. The molecule has 3 rings (SSSR count). The van der Waals surface area contributed by atoms with Crippen molar-refractivity contribution in [3.8, 4) is 28.7 Å². The zero-order valence-corrected chi connectivity index (χ0v) is 17.3. The Morgan fingerprint density at radius 2 is 1.78 bits per heavy atom. The molecule has 8 heteroatoms. The van der Waals surface area contributed by atoms with E-state index in [1.807, 2.05) is 37.3 Å². The molecule has 4 N–H and O–H groups in total. The molecule has 0 unspecified atom stereocenters. The van der Waals surface area contributed by atoms with Crippen molar-refractivity contribution in [1.82, 2.24) is 0 Å². The number of ether oxygens (including phenoxy) is 1. The topological polar surface area (TPSA) is 143 Å². The van der Waals surface area contributed by atoms with E-state index in [1.54, 1.807) is 0 Å². The van der Waals surface area contributed by atoms with Gasteiger partial charge in [-0.15, -0.1) is 0 Å². The van der Waals surface area contributed by atoms with E-state index in [-0.39, 0.29) is 28.1 Å². The minimum atomic E-state index is -1.34. The number of benzene rings is 3. The molecule has 0 saturated carbocycles. The number of hydrogen-bond acceptors (Lipinski definition) is 6. The van der Waals surface area contributed by atoms with E-state index in [9.17, 15) is 19.8 Å². The Kier molecular flexibility index (Phi) is 6.21. The van der Waals surface area contributed by atoms with E-state index in [1.165, 1.54) is 31.4 Å². The fraction of sp³-hybridized carbons (Fsp3) is 0.0833. The molecule has 0 aliphatic rings. The van der Waals surface area contributed by atoms with Gasteiger partial charge in [0, 0.05) is 17.2 Å². The van der Waals surface area contributed by atoms with Gasteiger partial charge in [-0.2, -0.15) is 5.26 Å². The number of amides is 1. The van der Waals surface area contributed by atoms with Crippen molar-refractivity contribution >= 4 is 23.3 Å². The van der Waals surface area contributed by atoms with Gasteiger partial charge >= 0.3 is 5.97 Å². The molecule has 0 aliphatic carbocycles. The highest BCUT2D eigenvalue weighted by Gasteiger charge is 2.22. The molecular formula is C24H19N3O5. The Hall–Kier alpha value is -4.64. The van der Waals surface area contributed by atoms with Crippen LogP contribution >= 0.6 is 0 Å². The number of hydrogen-bond donors (Lipinski definition) is 4. The summed E-state index contributed by atoms with van der Waals surface area (Å²) in [7, 11) is 1.45. The fourth-order valence-corrected chi connectivity index (χ4v) is 3.23. The van der Waals surface area contributed by atoms with Gasteiger partial charge in [0.15, 0.2) is 0 Å². The largest absolute Gasteiger partial charge is 0.507 e. The van der Waals surface area contributed by atoms with Crippen molar-refractivity contribution in [2.24, 2.45) is 0 Å². The van der Waals surface area contributed by atoms with Gasteiger partial charge in [-0.1, -0.05) is 24.3 Å². The van der Waals surface area contributed by atoms with E-state index >= 15 is 0 Å². The highest BCUT2D eigenvalue weighted by atomic mass is 16.5. The Morgan fingerprint density at radius 3 is 2.41 bits per heavy atom. The van der Waals surface area contributed by atoms with Gasteiger partial charge in [0.25, 0.3) is 5.91 Å². The zero-order valence-electron chi connectivity index (χ0n) is 17.3. The predicted octanol–water partition coefficient (Wildman–Crippen LogP) is 3.95. The molecule has 0 saturated heterocycles.